The van der Waals surface area contributed by atoms with Gasteiger partial charge in [0.25, 0.3) is 0 Å². The second-order valence-corrected chi connectivity index (χ2v) is 9.00. The first-order valence-electron chi connectivity index (χ1n) is 8.83. The van der Waals surface area contributed by atoms with Crippen LogP contribution in [0, 0.1) is 5.92 Å². The van der Waals surface area contributed by atoms with Gasteiger partial charge in [-0.1, -0.05) is 53.5 Å². The van der Waals surface area contributed by atoms with Crippen molar-refractivity contribution >= 4 is 57.9 Å². The molecule has 4 nitrogen and oxygen atoms in total. The van der Waals surface area contributed by atoms with E-state index in [0.29, 0.717) is 45.7 Å². The van der Waals surface area contributed by atoms with Crippen LogP contribution in [0.15, 0.2) is 42.5 Å². The van der Waals surface area contributed by atoms with Crippen LogP contribution in [0.4, 0.5) is 0 Å². The predicted octanol–water partition coefficient (Wildman–Crippen LogP) is 6.63. The maximum absolute atomic E-state index is 11.5. The van der Waals surface area contributed by atoms with Gasteiger partial charge in [0, 0.05) is 12.0 Å². The van der Waals surface area contributed by atoms with Gasteiger partial charge in [-0.2, -0.15) is 0 Å². The van der Waals surface area contributed by atoms with Crippen LogP contribution in [0.2, 0.25) is 10.0 Å². The topological polar surface area (TPSA) is 55.8 Å². The summed E-state index contributed by atoms with van der Waals surface area (Å²) in [5.41, 5.74) is 1.49. The molecule has 1 unspecified atom stereocenters. The van der Waals surface area contributed by atoms with Gasteiger partial charge in [-0.15, -0.1) is 23.2 Å². The van der Waals surface area contributed by atoms with Crippen LogP contribution in [0.3, 0.4) is 0 Å². The fourth-order valence-electron chi connectivity index (χ4n) is 2.83. The SMILES string of the molecule is C/C=C(/C(=O)O)c1ccccc1COc1cc(OCC2CC2(Cl)Cl)c(Cl)cc1Cl. The molecular formula is C21H18Cl4O4. The van der Waals surface area contributed by atoms with Crippen molar-refractivity contribution in [2.45, 2.75) is 24.3 Å². The number of hydrogen-bond acceptors (Lipinski definition) is 3. The molecule has 0 saturated heterocycles. The van der Waals surface area contributed by atoms with E-state index in [0.717, 1.165) is 0 Å². The van der Waals surface area contributed by atoms with E-state index in [-0.39, 0.29) is 18.1 Å². The average molecular weight is 476 g/mol. The quantitative estimate of drug-likeness (QED) is 0.343. The number of halogens is 4. The van der Waals surface area contributed by atoms with Gasteiger partial charge in [0.2, 0.25) is 0 Å². The lowest BCUT2D eigenvalue weighted by Gasteiger charge is -2.15. The standard InChI is InChI=1S/C21H18Cl4O4/c1-2-14(20(26)27)15-6-4-3-5-12(15)10-28-18-8-19(17(23)7-16(18)22)29-11-13-9-21(13,24)25/h2-8,13H,9-11H2,1H3,(H,26,27)/b14-2+. The molecule has 1 aliphatic rings. The van der Waals surface area contributed by atoms with Crippen molar-refractivity contribution in [3.05, 3.63) is 63.6 Å². The van der Waals surface area contributed by atoms with Gasteiger partial charge in [0.1, 0.15) is 22.4 Å². The first kappa shape index (κ1) is 22.1. The maximum Gasteiger partial charge on any atom is 0.335 e. The molecule has 0 spiro atoms. The Kier molecular flexibility index (Phi) is 6.90. The third-order valence-electron chi connectivity index (χ3n) is 4.59. The zero-order chi connectivity index (χ0) is 21.2. The van der Waals surface area contributed by atoms with Gasteiger partial charge in [-0.3, -0.25) is 0 Å². The van der Waals surface area contributed by atoms with E-state index < -0.39 is 10.3 Å². The summed E-state index contributed by atoms with van der Waals surface area (Å²) < 4.78 is 10.8. The smallest absolute Gasteiger partial charge is 0.335 e. The highest BCUT2D eigenvalue weighted by atomic mass is 35.5. The Balaban J connectivity index is 1.76. The van der Waals surface area contributed by atoms with Crippen molar-refractivity contribution in [1.82, 2.24) is 0 Å². The summed E-state index contributed by atoms with van der Waals surface area (Å²) in [4.78, 5) is 11.5. The van der Waals surface area contributed by atoms with E-state index in [1.165, 1.54) is 6.07 Å². The lowest BCUT2D eigenvalue weighted by atomic mass is 10.00. The molecule has 1 atom stereocenters. The molecule has 2 aromatic rings. The number of hydrogen-bond donors (Lipinski definition) is 1. The number of alkyl halides is 2. The highest BCUT2D eigenvalue weighted by Gasteiger charge is 2.52. The van der Waals surface area contributed by atoms with Gasteiger partial charge in [-0.05, 0) is 30.5 Å². The van der Waals surface area contributed by atoms with Crippen LogP contribution < -0.4 is 9.47 Å². The molecule has 1 aliphatic carbocycles. The Morgan fingerprint density at radius 1 is 1.17 bits per heavy atom. The Morgan fingerprint density at radius 3 is 2.38 bits per heavy atom. The van der Waals surface area contributed by atoms with Gasteiger partial charge in [0.15, 0.2) is 0 Å². The van der Waals surface area contributed by atoms with Crippen LogP contribution in [-0.4, -0.2) is 22.0 Å². The van der Waals surface area contributed by atoms with E-state index in [1.807, 2.05) is 6.07 Å². The summed E-state index contributed by atoms with van der Waals surface area (Å²) in [7, 11) is 0. The third-order valence-corrected chi connectivity index (χ3v) is 6.11. The summed E-state index contributed by atoms with van der Waals surface area (Å²) in [6.07, 6.45) is 2.21. The van der Waals surface area contributed by atoms with Crippen molar-refractivity contribution in [2.75, 3.05) is 6.61 Å². The number of benzene rings is 2. The first-order chi connectivity index (χ1) is 13.7. The minimum Gasteiger partial charge on any atom is -0.491 e. The lowest BCUT2D eigenvalue weighted by molar-refractivity contribution is -0.130. The molecule has 1 fully saturated rings. The number of carboxylic acids is 1. The second kappa shape index (κ2) is 9.05. The largest absolute Gasteiger partial charge is 0.491 e. The van der Waals surface area contributed by atoms with Crippen LogP contribution in [0.25, 0.3) is 5.57 Å². The number of ether oxygens (including phenoxy) is 2. The van der Waals surface area contributed by atoms with Crippen LogP contribution in [0.5, 0.6) is 11.5 Å². The predicted molar refractivity (Wildman–Crippen MR) is 117 cm³/mol. The third kappa shape index (κ3) is 5.32. The first-order valence-corrected chi connectivity index (χ1v) is 10.3. The zero-order valence-electron chi connectivity index (χ0n) is 15.4. The number of carbonyl (C=O) groups is 1. The minimum atomic E-state index is -1.00. The van der Waals surface area contributed by atoms with Gasteiger partial charge in [0.05, 0.1) is 22.2 Å². The van der Waals surface area contributed by atoms with E-state index >= 15 is 0 Å². The normalized spacial score (nSPS) is 17.7. The van der Waals surface area contributed by atoms with Crippen molar-refractivity contribution < 1.29 is 19.4 Å². The number of allylic oxidation sites excluding steroid dienone is 1. The molecule has 8 heteroatoms. The summed E-state index contributed by atoms with van der Waals surface area (Å²) >= 11 is 24.5. The highest BCUT2D eigenvalue weighted by Crippen LogP contribution is 2.53. The molecule has 154 valence electrons. The molecule has 2 aromatic carbocycles. The number of rotatable bonds is 8. The maximum atomic E-state index is 11.5. The van der Waals surface area contributed by atoms with Crippen molar-refractivity contribution in [3.8, 4) is 11.5 Å². The van der Waals surface area contributed by atoms with Crippen LogP contribution >= 0.6 is 46.4 Å². The Bertz CT molecular complexity index is 956. The summed E-state index contributed by atoms with van der Waals surface area (Å²) in [5, 5.41) is 10.1. The number of aliphatic carboxylic acids is 1. The van der Waals surface area contributed by atoms with Gasteiger partial charge >= 0.3 is 5.97 Å². The molecule has 0 heterocycles. The highest BCUT2D eigenvalue weighted by molar-refractivity contribution is 6.50. The molecule has 0 radical (unpaired) electrons. The molecule has 0 aliphatic heterocycles. The van der Waals surface area contributed by atoms with E-state index in [2.05, 4.69) is 0 Å². The molecule has 1 N–H and O–H groups in total. The molecule has 0 aromatic heterocycles. The molecular weight excluding hydrogens is 458 g/mol. The van der Waals surface area contributed by atoms with E-state index in [9.17, 15) is 9.90 Å². The molecule has 0 amide bonds. The zero-order valence-corrected chi connectivity index (χ0v) is 18.4. The molecule has 0 bridgehead atoms. The van der Waals surface area contributed by atoms with Gasteiger partial charge in [-0.25, -0.2) is 4.79 Å². The summed E-state index contributed by atoms with van der Waals surface area (Å²) in [6.45, 7) is 2.13. The summed E-state index contributed by atoms with van der Waals surface area (Å²) in [5.74, 6) is -0.175. The Hall–Kier alpha value is -1.59. The minimum absolute atomic E-state index is 0.0455. The van der Waals surface area contributed by atoms with Gasteiger partial charge < -0.3 is 14.6 Å². The van der Waals surface area contributed by atoms with Crippen molar-refractivity contribution in [3.63, 3.8) is 0 Å². The fraction of sp³-hybridized carbons (Fsp3) is 0.286. The average Bonchev–Trinajstić information content (AvgIpc) is 3.28. The Morgan fingerprint density at radius 2 is 1.79 bits per heavy atom. The van der Waals surface area contributed by atoms with Crippen LogP contribution in [0.1, 0.15) is 24.5 Å². The van der Waals surface area contributed by atoms with Crippen molar-refractivity contribution in [2.24, 2.45) is 5.92 Å². The van der Waals surface area contributed by atoms with Crippen LogP contribution in [-0.2, 0) is 11.4 Å². The fourth-order valence-corrected chi connectivity index (χ4v) is 3.82. The molecule has 3 rings (SSSR count). The monoisotopic (exact) mass is 474 g/mol. The van der Waals surface area contributed by atoms with E-state index in [4.69, 9.17) is 55.9 Å². The number of carboxylic acid groups (broad SMARTS) is 1. The second-order valence-electron chi connectivity index (χ2n) is 6.64. The summed E-state index contributed by atoms with van der Waals surface area (Å²) in [6, 6.07) is 10.3. The Labute approximate surface area is 188 Å². The molecule has 1 saturated carbocycles. The van der Waals surface area contributed by atoms with Crippen molar-refractivity contribution in [1.29, 1.82) is 0 Å². The van der Waals surface area contributed by atoms with E-state index in [1.54, 1.807) is 37.3 Å². The molecule has 29 heavy (non-hydrogen) atoms. The lowest BCUT2D eigenvalue weighted by Crippen LogP contribution is -2.06.